The number of rotatable bonds is 46. The van der Waals surface area contributed by atoms with Crippen molar-refractivity contribution >= 4 is 11.8 Å². The van der Waals surface area contributed by atoms with Crippen LogP contribution in [0.3, 0.4) is 0 Å². The van der Waals surface area contributed by atoms with Crippen LogP contribution in [0.5, 0.6) is 0 Å². The molecule has 4 atom stereocenters. The van der Waals surface area contributed by atoms with Crippen LogP contribution in [0.1, 0.15) is 199 Å². The Kier molecular flexibility index (Phi) is 42.6. The molecule has 0 aromatic carbocycles. The highest BCUT2D eigenvalue weighted by molar-refractivity contribution is 5.81. The van der Waals surface area contributed by atoms with E-state index in [-0.39, 0.29) is 5.91 Å². The molecule has 346 valence electrons. The van der Waals surface area contributed by atoms with Gasteiger partial charge in [-0.1, -0.05) is 141 Å². The molecular formula is C45H94N6O7. The van der Waals surface area contributed by atoms with Crippen LogP contribution in [-0.2, 0) is 9.59 Å². The minimum Gasteiger partial charge on any atom is -0.394 e. The van der Waals surface area contributed by atoms with E-state index in [0.717, 1.165) is 110 Å². The molecule has 13 heteroatoms. The van der Waals surface area contributed by atoms with Crippen molar-refractivity contribution in [2.75, 3.05) is 45.9 Å². The van der Waals surface area contributed by atoms with E-state index in [4.69, 9.17) is 16.6 Å². The molecule has 0 aliphatic rings. The number of nitrogens with two attached hydrogens (primary N) is 2. The first kappa shape index (κ1) is 56.6. The predicted octanol–water partition coefficient (Wildman–Crippen LogP) is 5.17. The number of aliphatic hydroxyl groups is 5. The fourth-order valence-electron chi connectivity index (χ4n) is 7.27. The standard InChI is InChI=1S/C45H94N6O7/c46-32-24-28-34-48-40(49-35-29-25-33-47)30-22-19-21-26-36-50-41(54)31-23-18-16-14-12-10-8-6-4-2-1-3-5-7-9-11-13-15-17-20-27-37-51-45(58)44(57)43(56)42(55)39(53)38-52/h39-40,42-44,48-49,52-53,55-57H,1-38,46-47H2,(H,50,54)(H,51,58)/t39-,42-,43+,44-/m1/s1. The first-order valence-corrected chi connectivity index (χ1v) is 24.0. The van der Waals surface area contributed by atoms with Gasteiger partial charge in [0.1, 0.15) is 18.3 Å². The van der Waals surface area contributed by atoms with Crippen molar-refractivity contribution in [2.45, 2.75) is 230 Å². The maximum absolute atomic E-state index is 12.2. The smallest absolute Gasteiger partial charge is 0.251 e. The SMILES string of the molecule is NCCCCNC(CCCCCCNC(=O)CCCCCCCCCCCCCCCCCCCCCCCNC(=O)[C@H](O)[C@@H](O)[C@H](O)[C@H](O)CO)NCCCCN. The summed E-state index contributed by atoms with van der Waals surface area (Å²) in [5.41, 5.74) is 11.3. The fraction of sp³-hybridized carbons (Fsp3) is 0.956. The maximum Gasteiger partial charge on any atom is 0.251 e. The Labute approximate surface area is 354 Å². The second kappa shape index (κ2) is 43.7. The summed E-state index contributed by atoms with van der Waals surface area (Å²) in [6.07, 6.45) is 29.9. The number of unbranched alkanes of at least 4 members (excludes halogenated alkanes) is 25. The second-order valence-corrected chi connectivity index (χ2v) is 16.6. The third-order valence-electron chi connectivity index (χ3n) is 11.2. The number of aliphatic hydroxyl groups excluding tert-OH is 5. The number of carbonyl (C=O) groups is 2. The van der Waals surface area contributed by atoms with Crippen molar-refractivity contribution in [1.29, 1.82) is 0 Å². The molecule has 0 aromatic rings. The molecule has 0 aliphatic carbocycles. The van der Waals surface area contributed by atoms with E-state index >= 15 is 0 Å². The molecule has 0 heterocycles. The zero-order valence-electron chi connectivity index (χ0n) is 37.0. The Balaban J connectivity index is 3.44. The molecule has 13 N–H and O–H groups in total. The number of hydrogen-bond acceptors (Lipinski definition) is 11. The van der Waals surface area contributed by atoms with Gasteiger partial charge in [-0.3, -0.25) is 9.59 Å². The molecule has 0 spiro atoms. The zero-order valence-corrected chi connectivity index (χ0v) is 37.0. The molecule has 0 radical (unpaired) electrons. The van der Waals surface area contributed by atoms with Gasteiger partial charge in [0.2, 0.25) is 5.91 Å². The summed E-state index contributed by atoms with van der Waals surface area (Å²) in [6, 6.07) is 0. The van der Waals surface area contributed by atoms with E-state index in [2.05, 4.69) is 21.3 Å². The molecule has 0 rings (SSSR count). The summed E-state index contributed by atoms with van der Waals surface area (Å²) in [5.74, 6) is -0.585. The normalized spacial score (nSPS) is 13.8. The van der Waals surface area contributed by atoms with Crippen molar-refractivity contribution in [1.82, 2.24) is 21.3 Å². The van der Waals surface area contributed by atoms with Crippen LogP contribution in [0, 0.1) is 0 Å². The Morgan fingerprint density at radius 1 is 0.431 bits per heavy atom. The van der Waals surface area contributed by atoms with Gasteiger partial charge in [-0.15, -0.1) is 0 Å². The lowest BCUT2D eigenvalue weighted by atomic mass is 10.0. The topological polar surface area (TPSA) is 235 Å². The van der Waals surface area contributed by atoms with Crippen LogP contribution in [0.25, 0.3) is 0 Å². The molecule has 0 bridgehead atoms. The van der Waals surface area contributed by atoms with E-state index in [9.17, 15) is 30.0 Å². The summed E-state index contributed by atoms with van der Waals surface area (Å²) in [4.78, 5) is 24.1. The number of carbonyl (C=O) groups excluding carboxylic acids is 2. The molecule has 0 unspecified atom stereocenters. The Hall–Kier alpha value is -1.42. The summed E-state index contributed by atoms with van der Waals surface area (Å²) >= 11 is 0. The van der Waals surface area contributed by atoms with Gasteiger partial charge < -0.3 is 58.3 Å². The lowest BCUT2D eigenvalue weighted by Gasteiger charge is -2.24. The molecule has 0 saturated carbocycles. The monoisotopic (exact) mass is 831 g/mol. The molecular weight excluding hydrogens is 737 g/mol. The van der Waals surface area contributed by atoms with Gasteiger partial charge in [-0.05, 0) is 77.5 Å². The largest absolute Gasteiger partial charge is 0.394 e. The van der Waals surface area contributed by atoms with E-state index in [1.165, 1.54) is 116 Å². The lowest BCUT2D eigenvalue weighted by Crippen LogP contribution is -2.51. The maximum atomic E-state index is 12.2. The molecule has 0 aromatic heterocycles. The van der Waals surface area contributed by atoms with Crippen molar-refractivity contribution < 1.29 is 35.1 Å². The van der Waals surface area contributed by atoms with Gasteiger partial charge in [-0.25, -0.2) is 0 Å². The van der Waals surface area contributed by atoms with Crippen LogP contribution >= 0.6 is 0 Å². The average molecular weight is 831 g/mol. The van der Waals surface area contributed by atoms with E-state index in [1.54, 1.807) is 0 Å². The van der Waals surface area contributed by atoms with E-state index < -0.39 is 36.9 Å². The minimum atomic E-state index is -1.87. The highest BCUT2D eigenvalue weighted by Crippen LogP contribution is 2.16. The lowest BCUT2D eigenvalue weighted by molar-refractivity contribution is -0.148. The van der Waals surface area contributed by atoms with Gasteiger partial charge >= 0.3 is 0 Å². The van der Waals surface area contributed by atoms with Crippen LogP contribution in [-0.4, -0.2) is 114 Å². The van der Waals surface area contributed by atoms with Gasteiger partial charge in [0.05, 0.1) is 12.8 Å². The first-order chi connectivity index (χ1) is 28.3. The molecule has 13 nitrogen and oxygen atoms in total. The minimum absolute atomic E-state index is 0.216. The Morgan fingerprint density at radius 3 is 1.21 bits per heavy atom. The number of hydrogen-bond donors (Lipinski definition) is 11. The summed E-state index contributed by atoms with van der Waals surface area (Å²) in [5, 5.41) is 60.3. The van der Waals surface area contributed by atoms with Crippen molar-refractivity contribution in [3.8, 4) is 0 Å². The summed E-state index contributed by atoms with van der Waals surface area (Å²) < 4.78 is 0. The van der Waals surface area contributed by atoms with Crippen molar-refractivity contribution in [3.05, 3.63) is 0 Å². The average Bonchev–Trinajstić information content (AvgIpc) is 3.23. The van der Waals surface area contributed by atoms with Crippen molar-refractivity contribution in [2.24, 2.45) is 11.5 Å². The Bertz CT molecular complexity index is 880. The predicted molar refractivity (Wildman–Crippen MR) is 238 cm³/mol. The highest BCUT2D eigenvalue weighted by atomic mass is 16.4. The van der Waals surface area contributed by atoms with Crippen LogP contribution in [0.15, 0.2) is 0 Å². The molecule has 0 fully saturated rings. The molecule has 0 aliphatic heterocycles. The van der Waals surface area contributed by atoms with Gasteiger partial charge in [0.15, 0.2) is 6.10 Å². The van der Waals surface area contributed by atoms with E-state index in [1.807, 2.05) is 0 Å². The van der Waals surface area contributed by atoms with Gasteiger partial charge in [0, 0.05) is 19.5 Å². The molecule has 0 saturated heterocycles. The van der Waals surface area contributed by atoms with Crippen LogP contribution in [0.2, 0.25) is 0 Å². The fourth-order valence-corrected chi connectivity index (χ4v) is 7.27. The van der Waals surface area contributed by atoms with Crippen LogP contribution in [0.4, 0.5) is 0 Å². The summed E-state index contributed by atoms with van der Waals surface area (Å²) in [6.45, 7) is 3.92. The van der Waals surface area contributed by atoms with E-state index in [0.29, 0.717) is 19.1 Å². The quantitative estimate of drug-likeness (QED) is 0.0283. The second-order valence-electron chi connectivity index (χ2n) is 16.6. The first-order valence-electron chi connectivity index (χ1n) is 24.0. The third kappa shape index (κ3) is 36.4. The third-order valence-corrected chi connectivity index (χ3v) is 11.2. The van der Waals surface area contributed by atoms with Crippen LogP contribution < -0.4 is 32.7 Å². The number of nitrogens with one attached hydrogen (secondary N) is 4. The molecule has 2 amide bonds. The zero-order chi connectivity index (χ0) is 42.7. The Morgan fingerprint density at radius 2 is 0.793 bits per heavy atom. The number of amides is 2. The molecule has 58 heavy (non-hydrogen) atoms. The van der Waals surface area contributed by atoms with Gasteiger partial charge in [-0.2, -0.15) is 0 Å². The van der Waals surface area contributed by atoms with Gasteiger partial charge in [0.25, 0.3) is 5.91 Å². The summed E-state index contributed by atoms with van der Waals surface area (Å²) in [7, 11) is 0. The van der Waals surface area contributed by atoms with Crippen molar-refractivity contribution in [3.63, 3.8) is 0 Å². The highest BCUT2D eigenvalue weighted by Gasteiger charge is 2.33.